The maximum Gasteiger partial charge on any atom is 0.251 e. The molecule has 1 aliphatic carbocycles. The molecule has 0 unspecified atom stereocenters. The van der Waals surface area contributed by atoms with Crippen LogP contribution in [0.3, 0.4) is 0 Å². The summed E-state index contributed by atoms with van der Waals surface area (Å²) in [5, 5.41) is 22.4. The van der Waals surface area contributed by atoms with Crippen molar-refractivity contribution in [3.8, 4) is 5.75 Å². The molecule has 0 heterocycles. The predicted octanol–water partition coefficient (Wildman–Crippen LogP) is 1.71. The van der Waals surface area contributed by atoms with E-state index in [2.05, 4.69) is 5.32 Å². The van der Waals surface area contributed by atoms with E-state index in [1.807, 2.05) is 6.92 Å². The molecule has 3 N–H and O–H groups in total. The number of phenolic OH excluding ortho intramolecular Hbond substituents is 1. The molecule has 20 heavy (non-hydrogen) atoms. The Morgan fingerprint density at radius 3 is 2.85 bits per heavy atom. The zero-order chi connectivity index (χ0) is 14.8. The van der Waals surface area contributed by atoms with Crippen molar-refractivity contribution in [1.82, 2.24) is 5.32 Å². The number of nitrogens with one attached hydrogen (secondary N) is 1. The van der Waals surface area contributed by atoms with Crippen molar-refractivity contribution in [3.05, 3.63) is 28.8 Å². The summed E-state index contributed by atoms with van der Waals surface area (Å²) in [6.07, 6.45) is 1.11. The smallest absolute Gasteiger partial charge is 0.251 e. The number of rotatable bonds is 5. The average Bonchev–Trinajstić information content (AvgIpc) is 2.38. The van der Waals surface area contributed by atoms with E-state index in [1.54, 1.807) is 0 Å². The topological polar surface area (TPSA) is 78.8 Å². The van der Waals surface area contributed by atoms with Crippen molar-refractivity contribution in [2.45, 2.75) is 31.5 Å². The Morgan fingerprint density at radius 2 is 2.25 bits per heavy atom. The zero-order valence-corrected chi connectivity index (χ0v) is 12.0. The average molecular weight is 300 g/mol. The van der Waals surface area contributed by atoms with Crippen LogP contribution in [0, 0.1) is 0 Å². The van der Waals surface area contributed by atoms with Crippen molar-refractivity contribution in [3.63, 3.8) is 0 Å². The summed E-state index contributed by atoms with van der Waals surface area (Å²) in [7, 11) is 0. The largest absolute Gasteiger partial charge is 0.506 e. The highest BCUT2D eigenvalue weighted by molar-refractivity contribution is 6.32. The Labute approximate surface area is 122 Å². The van der Waals surface area contributed by atoms with Gasteiger partial charge >= 0.3 is 0 Å². The van der Waals surface area contributed by atoms with Crippen LogP contribution < -0.4 is 5.32 Å². The lowest BCUT2D eigenvalue weighted by Gasteiger charge is -2.43. The van der Waals surface area contributed by atoms with Crippen LogP contribution in [0.2, 0.25) is 5.02 Å². The number of phenols is 1. The van der Waals surface area contributed by atoms with Crippen LogP contribution in [0.15, 0.2) is 18.2 Å². The van der Waals surface area contributed by atoms with Gasteiger partial charge in [0.05, 0.1) is 16.7 Å². The second-order valence-electron chi connectivity index (χ2n) is 5.06. The van der Waals surface area contributed by atoms with Crippen LogP contribution in [-0.2, 0) is 4.74 Å². The fourth-order valence-corrected chi connectivity index (χ4v) is 2.40. The van der Waals surface area contributed by atoms with Gasteiger partial charge in [0, 0.05) is 31.6 Å². The van der Waals surface area contributed by atoms with E-state index in [0.29, 0.717) is 25.0 Å². The summed E-state index contributed by atoms with van der Waals surface area (Å²) in [6, 6.07) is 4.27. The van der Waals surface area contributed by atoms with Crippen molar-refractivity contribution in [1.29, 1.82) is 0 Å². The molecule has 0 bridgehead atoms. The van der Waals surface area contributed by atoms with E-state index in [0.717, 1.165) is 0 Å². The van der Waals surface area contributed by atoms with Gasteiger partial charge in [0.2, 0.25) is 0 Å². The summed E-state index contributed by atoms with van der Waals surface area (Å²) >= 11 is 5.68. The van der Waals surface area contributed by atoms with Gasteiger partial charge in [-0.05, 0) is 25.1 Å². The van der Waals surface area contributed by atoms with Crippen LogP contribution >= 0.6 is 11.6 Å². The number of carbonyl (C=O) groups excluding carboxylic acids is 1. The van der Waals surface area contributed by atoms with Crippen molar-refractivity contribution in [2.24, 2.45) is 0 Å². The number of benzene rings is 1. The van der Waals surface area contributed by atoms with Crippen LogP contribution in [0.5, 0.6) is 5.75 Å². The first-order valence-corrected chi connectivity index (χ1v) is 6.92. The summed E-state index contributed by atoms with van der Waals surface area (Å²) in [5.41, 5.74) is -0.597. The van der Waals surface area contributed by atoms with Gasteiger partial charge in [-0.15, -0.1) is 0 Å². The number of aliphatic hydroxyl groups is 1. The van der Waals surface area contributed by atoms with Gasteiger partial charge in [0.25, 0.3) is 5.91 Å². The van der Waals surface area contributed by atoms with Crippen molar-refractivity contribution >= 4 is 17.5 Å². The van der Waals surface area contributed by atoms with E-state index in [9.17, 15) is 15.0 Å². The number of hydrogen-bond donors (Lipinski definition) is 3. The molecule has 0 aliphatic heterocycles. The third kappa shape index (κ3) is 3.42. The molecule has 1 aromatic carbocycles. The Morgan fingerprint density at radius 1 is 1.55 bits per heavy atom. The zero-order valence-electron chi connectivity index (χ0n) is 11.2. The Hall–Kier alpha value is -1.30. The highest BCUT2D eigenvalue weighted by Crippen LogP contribution is 2.34. The van der Waals surface area contributed by atoms with E-state index in [1.165, 1.54) is 18.2 Å². The number of aromatic hydroxyl groups is 1. The van der Waals surface area contributed by atoms with Gasteiger partial charge in [-0.2, -0.15) is 0 Å². The van der Waals surface area contributed by atoms with E-state index in [4.69, 9.17) is 16.3 Å². The molecule has 1 saturated carbocycles. The third-order valence-electron chi connectivity index (χ3n) is 3.40. The maximum absolute atomic E-state index is 11.9. The first kappa shape index (κ1) is 15.1. The SMILES string of the molecule is CCOC1CC(O)(CNC(=O)c2ccc(Cl)c(O)c2)C1. The Kier molecular flexibility index (Phi) is 4.52. The summed E-state index contributed by atoms with van der Waals surface area (Å²) < 4.78 is 5.37. The first-order valence-electron chi connectivity index (χ1n) is 6.54. The second kappa shape index (κ2) is 5.99. The minimum Gasteiger partial charge on any atom is -0.506 e. The summed E-state index contributed by atoms with van der Waals surface area (Å²) in [5.74, 6) is -0.497. The fourth-order valence-electron chi connectivity index (χ4n) is 2.29. The van der Waals surface area contributed by atoms with Crippen LogP contribution in [0.1, 0.15) is 30.1 Å². The molecule has 0 aromatic heterocycles. The molecule has 1 fully saturated rings. The third-order valence-corrected chi connectivity index (χ3v) is 3.72. The van der Waals surface area contributed by atoms with Gasteiger partial charge in [-0.25, -0.2) is 0 Å². The van der Waals surface area contributed by atoms with E-state index < -0.39 is 5.60 Å². The molecule has 0 spiro atoms. The first-order chi connectivity index (χ1) is 9.43. The molecule has 0 radical (unpaired) electrons. The summed E-state index contributed by atoms with van der Waals surface area (Å²) in [4.78, 5) is 11.9. The lowest BCUT2D eigenvalue weighted by molar-refractivity contribution is -0.133. The molecule has 1 amide bonds. The number of halogens is 1. The minimum absolute atomic E-state index is 0.0708. The quantitative estimate of drug-likeness (QED) is 0.773. The van der Waals surface area contributed by atoms with Gasteiger partial charge in [-0.3, -0.25) is 4.79 Å². The predicted molar refractivity (Wildman–Crippen MR) is 75.0 cm³/mol. The molecular weight excluding hydrogens is 282 g/mol. The van der Waals surface area contributed by atoms with Gasteiger partial charge in [0.15, 0.2) is 0 Å². The number of amides is 1. The fraction of sp³-hybridized carbons (Fsp3) is 0.500. The lowest BCUT2D eigenvalue weighted by atomic mass is 9.77. The van der Waals surface area contributed by atoms with Crippen molar-refractivity contribution in [2.75, 3.05) is 13.2 Å². The second-order valence-corrected chi connectivity index (χ2v) is 5.47. The molecule has 110 valence electrons. The van der Waals surface area contributed by atoms with Gasteiger partial charge in [0.1, 0.15) is 5.75 Å². The van der Waals surface area contributed by atoms with Gasteiger partial charge in [-0.1, -0.05) is 11.6 Å². The Bertz CT molecular complexity index is 500. The molecule has 1 aromatic rings. The molecular formula is C14H18ClNO4. The monoisotopic (exact) mass is 299 g/mol. The lowest BCUT2D eigenvalue weighted by Crippen LogP contribution is -2.55. The molecule has 0 atom stereocenters. The highest BCUT2D eigenvalue weighted by atomic mass is 35.5. The molecule has 2 rings (SSSR count). The van der Waals surface area contributed by atoms with Crippen molar-refractivity contribution < 1.29 is 19.7 Å². The Balaban J connectivity index is 1.85. The number of carbonyl (C=O) groups is 1. The molecule has 0 saturated heterocycles. The summed E-state index contributed by atoms with van der Waals surface area (Å²) in [6.45, 7) is 2.70. The van der Waals surface area contributed by atoms with Crippen LogP contribution in [0.4, 0.5) is 0 Å². The maximum atomic E-state index is 11.9. The molecule has 5 nitrogen and oxygen atoms in total. The van der Waals surface area contributed by atoms with Crippen LogP contribution in [0.25, 0.3) is 0 Å². The molecule has 1 aliphatic rings. The number of ether oxygens (including phenoxy) is 1. The normalized spacial score (nSPS) is 25.1. The standard InChI is InChI=1S/C14H18ClNO4/c1-2-20-10-6-14(19,7-10)8-16-13(18)9-3-4-11(15)12(17)5-9/h3-5,10,17,19H,2,6-8H2,1H3,(H,16,18). The number of hydrogen-bond acceptors (Lipinski definition) is 4. The minimum atomic E-state index is -0.899. The van der Waals surface area contributed by atoms with Crippen LogP contribution in [-0.4, -0.2) is 41.0 Å². The highest BCUT2D eigenvalue weighted by Gasteiger charge is 2.43. The van der Waals surface area contributed by atoms with Gasteiger partial charge < -0.3 is 20.3 Å². The van der Waals surface area contributed by atoms with E-state index >= 15 is 0 Å². The molecule has 6 heteroatoms. The van der Waals surface area contributed by atoms with E-state index in [-0.39, 0.29) is 29.3 Å².